The molecular formula is C13H20O4. The van der Waals surface area contributed by atoms with E-state index in [1.165, 1.54) is 0 Å². The first kappa shape index (κ1) is 12.7. The van der Waals surface area contributed by atoms with E-state index in [0.717, 1.165) is 0 Å². The smallest absolute Gasteiger partial charge is 0.136 e. The van der Waals surface area contributed by atoms with Gasteiger partial charge in [0.15, 0.2) is 0 Å². The molecule has 1 aliphatic heterocycles. The van der Waals surface area contributed by atoms with E-state index in [1.54, 1.807) is 26.0 Å². The van der Waals surface area contributed by atoms with Crippen LogP contribution in [-0.2, 0) is 9.53 Å². The zero-order valence-corrected chi connectivity index (χ0v) is 10.6. The third-order valence-electron chi connectivity index (χ3n) is 4.17. The summed E-state index contributed by atoms with van der Waals surface area (Å²) in [7, 11) is 0. The van der Waals surface area contributed by atoms with Gasteiger partial charge in [-0.05, 0) is 13.8 Å². The molecule has 0 radical (unpaired) electrons. The predicted molar refractivity (Wildman–Crippen MR) is 62.5 cm³/mol. The maximum Gasteiger partial charge on any atom is 0.136 e. The topological polar surface area (TPSA) is 66.8 Å². The molecule has 1 aliphatic carbocycles. The van der Waals surface area contributed by atoms with Crippen LogP contribution in [0.2, 0.25) is 0 Å². The Labute approximate surface area is 101 Å². The summed E-state index contributed by atoms with van der Waals surface area (Å²) in [6.07, 6.45) is 3.09. The molecule has 4 heteroatoms. The Balaban J connectivity index is 2.42. The van der Waals surface area contributed by atoms with Crippen molar-refractivity contribution in [1.82, 2.24) is 0 Å². The molecule has 1 heterocycles. The monoisotopic (exact) mass is 240 g/mol. The van der Waals surface area contributed by atoms with Gasteiger partial charge in [-0.1, -0.05) is 19.1 Å². The third kappa shape index (κ3) is 1.66. The Morgan fingerprint density at radius 3 is 2.59 bits per heavy atom. The lowest BCUT2D eigenvalue weighted by Crippen LogP contribution is -2.60. The number of Topliss-reactive ketones (excluding diaryl/α,β-unsaturated/α-hetero) is 1. The normalized spacial score (nSPS) is 47.7. The van der Waals surface area contributed by atoms with E-state index >= 15 is 0 Å². The first-order chi connectivity index (χ1) is 7.72. The van der Waals surface area contributed by atoms with Gasteiger partial charge in [-0.25, -0.2) is 0 Å². The first-order valence-corrected chi connectivity index (χ1v) is 5.98. The van der Waals surface area contributed by atoms with E-state index in [-0.39, 0.29) is 12.2 Å². The molecule has 2 aliphatic rings. The quantitative estimate of drug-likeness (QED) is 0.701. The van der Waals surface area contributed by atoms with Crippen LogP contribution in [0.3, 0.4) is 0 Å². The maximum absolute atomic E-state index is 11.7. The van der Waals surface area contributed by atoms with Gasteiger partial charge < -0.3 is 14.9 Å². The zero-order valence-electron chi connectivity index (χ0n) is 10.6. The Morgan fingerprint density at radius 2 is 2.06 bits per heavy atom. The van der Waals surface area contributed by atoms with Gasteiger partial charge >= 0.3 is 0 Å². The predicted octanol–water partition coefficient (Wildman–Crippen LogP) is 0.813. The number of rotatable bonds is 2. The van der Waals surface area contributed by atoms with E-state index < -0.39 is 22.7 Å². The lowest BCUT2D eigenvalue weighted by atomic mass is 9.59. The van der Waals surface area contributed by atoms with E-state index in [0.29, 0.717) is 13.0 Å². The third-order valence-corrected chi connectivity index (χ3v) is 4.17. The van der Waals surface area contributed by atoms with E-state index in [4.69, 9.17) is 4.74 Å². The van der Waals surface area contributed by atoms with Gasteiger partial charge in [0.25, 0.3) is 0 Å². The Bertz CT molecular complexity index is 352. The van der Waals surface area contributed by atoms with Crippen molar-refractivity contribution in [1.29, 1.82) is 0 Å². The molecule has 0 aromatic rings. The molecule has 0 spiro atoms. The number of ether oxygens (including phenoxy) is 1. The Morgan fingerprint density at radius 1 is 1.41 bits per heavy atom. The molecule has 1 saturated carbocycles. The van der Waals surface area contributed by atoms with Crippen LogP contribution in [0.25, 0.3) is 0 Å². The van der Waals surface area contributed by atoms with Gasteiger partial charge in [0.1, 0.15) is 17.0 Å². The lowest BCUT2D eigenvalue weighted by molar-refractivity contribution is -0.151. The second-order valence-corrected chi connectivity index (χ2v) is 5.84. The molecule has 96 valence electrons. The van der Waals surface area contributed by atoms with Crippen LogP contribution in [0.5, 0.6) is 0 Å². The molecule has 0 unspecified atom stereocenters. The van der Waals surface area contributed by atoms with Crippen LogP contribution in [0, 0.1) is 5.41 Å². The number of aliphatic hydroxyl groups excluding tert-OH is 1. The highest BCUT2D eigenvalue weighted by Crippen LogP contribution is 2.56. The fourth-order valence-electron chi connectivity index (χ4n) is 3.08. The van der Waals surface area contributed by atoms with Crippen LogP contribution in [0.4, 0.5) is 0 Å². The fraction of sp³-hybridized carbons (Fsp3) is 0.769. The molecule has 0 aromatic carbocycles. The Kier molecular flexibility index (Phi) is 2.73. The van der Waals surface area contributed by atoms with Crippen LogP contribution >= 0.6 is 0 Å². The van der Waals surface area contributed by atoms with Crippen molar-refractivity contribution in [3.63, 3.8) is 0 Å². The van der Waals surface area contributed by atoms with Crippen LogP contribution in [0.15, 0.2) is 12.2 Å². The summed E-state index contributed by atoms with van der Waals surface area (Å²) in [6.45, 7) is 5.63. The molecule has 17 heavy (non-hydrogen) atoms. The van der Waals surface area contributed by atoms with Gasteiger partial charge in [0, 0.05) is 18.3 Å². The molecular weight excluding hydrogens is 220 g/mol. The standard InChI is InChI=1S/C13H20O4/c1-9(14)4-5-13(16)11(2)6-10(15)7-12(13,3)17-8-11/h4-5,9,14,16H,6-8H2,1-3H3/b5-4+/t9-,11-,12-,13-/m1/s1. The molecule has 2 bridgehead atoms. The van der Waals surface area contributed by atoms with Crippen molar-refractivity contribution < 1.29 is 19.7 Å². The minimum Gasteiger partial charge on any atom is -0.389 e. The molecule has 4 atom stereocenters. The fourth-order valence-corrected chi connectivity index (χ4v) is 3.08. The highest BCUT2D eigenvalue weighted by Gasteiger charge is 2.67. The molecule has 0 aromatic heterocycles. The largest absolute Gasteiger partial charge is 0.389 e. The highest BCUT2D eigenvalue weighted by molar-refractivity contribution is 5.82. The van der Waals surface area contributed by atoms with Crippen molar-refractivity contribution >= 4 is 5.78 Å². The summed E-state index contributed by atoms with van der Waals surface area (Å²) < 4.78 is 5.68. The lowest BCUT2D eigenvalue weighted by Gasteiger charge is -2.47. The number of carbonyl (C=O) groups is 1. The summed E-state index contributed by atoms with van der Waals surface area (Å²) in [6, 6.07) is 0. The molecule has 2 N–H and O–H groups in total. The van der Waals surface area contributed by atoms with E-state index in [2.05, 4.69) is 0 Å². The number of ketones is 1. The first-order valence-electron chi connectivity index (χ1n) is 5.98. The van der Waals surface area contributed by atoms with Gasteiger partial charge in [-0.2, -0.15) is 0 Å². The number of fused-ring (bicyclic) bond motifs is 2. The van der Waals surface area contributed by atoms with Crippen molar-refractivity contribution in [2.45, 2.75) is 50.9 Å². The molecule has 0 amide bonds. The molecule has 2 fully saturated rings. The summed E-state index contributed by atoms with van der Waals surface area (Å²) in [5, 5.41) is 20.2. The van der Waals surface area contributed by atoms with Gasteiger partial charge in [-0.15, -0.1) is 0 Å². The van der Waals surface area contributed by atoms with E-state index in [1.807, 2.05) is 6.92 Å². The average Bonchev–Trinajstić information content (AvgIpc) is 2.33. The minimum atomic E-state index is -1.19. The number of aliphatic hydroxyl groups is 2. The van der Waals surface area contributed by atoms with Gasteiger partial charge in [-0.3, -0.25) is 4.79 Å². The summed E-state index contributed by atoms with van der Waals surface area (Å²) in [4.78, 5) is 11.7. The van der Waals surface area contributed by atoms with Crippen LogP contribution in [0.1, 0.15) is 33.6 Å². The number of hydrogen-bond donors (Lipinski definition) is 2. The maximum atomic E-state index is 11.7. The average molecular weight is 240 g/mol. The highest BCUT2D eigenvalue weighted by atomic mass is 16.5. The van der Waals surface area contributed by atoms with E-state index in [9.17, 15) is 15.0 Å². The van der Waals surface area contributed by atoms with Crippen LogP contribution in [-0.4, -0.2) is 39.9 Å². The van der Waals surface area contributed by atoms with Crippen molar-refractivity contribution in [3.8, 4) is 0 Å². The molecule has 2 rings (SSSR count). The van der Waals surface area contributed by atoms with Crippen molar-refractivity contribution in [3.05, 3.63) is 12.2 Å². The second-order valence-electron chi connectivity index (χ2n) is 5.84. The summed E-state index contributed by atoms with van der Waals surface area (Å²) in [5.74, 6) is 0.127. The second kappa shape index (κ2) is 3.64. The molecule has 4 nitrogen and oxygen atoms in total. The zero-order chi connectivity index (χ0) is 12.9. The summed E-state index contributed by atoms with van der Waals surface area (Å²) in [5.41, 5.74) is -2.66. The van der Waals surface area contributed by atoms with Gasteiger partial charge in [0.05, 0.1) is 12.7 Å². The summed E-state index contributed by atoms with van der Waals surface area (Å²) >= 11 is 0. The molecule has 1 saturated heterocycles. The van der Waals surface area contributed by atoms with Crippen molar-refractivity contribution in [2.75, 3.05) is 6.61 Å². The Hall–Kier alpha value is -0.710. The van der Waals surface area contributed by atoms with Crippen LogP contribution < -0.4 is 0 Å². The number of hydrogen-bond acceptors (Lipinski definition) is 4. The van der Waals surface area contributed by atoms with Gasteiger partial charge in [0.2, 0.25) is 0 Å². The van der Waals surface area contributed by atoms with Crippen molar-refractivity contribution in [2.24, 2.45) is 5.41 Å². The SMILES string of the molecule is C[C@@H](O)/C=C/[C@@]1(O)[C@@]2(C)CO[C@]1(C)CC(=O)C2. The minimum absolute atomic E-state index is 0.127. The number of carbonyl (C=O) groups excluding carboxylic acids is 1.